The van der Waals surface area contributed by atoms with Crippen LogP contribution in [0.4, 0.5) is 5.95 Å². The maximum absolute atomic E-state index is 5.76. The number of rotatable bonds is 5. The van der Waals surface area contributed by atoms with E-state index in [-0.39, 0.29) is 0 Å². The van der Waals surface area contributed by atoms with Crippen molar-refractivity contribution < 1.29 is 0 Å². The van der Waals surface area contributed by atoms with Crippen LogP contribution in [0.15, 0.2) is 40.5 Å². The Morgan fingerprint density at radius 2 is 2.21 bits per heavy atom. The van der Waals surface area contributed by atoms with Gasteiger partial charge in [0.1, 0.15) is 0 Å². The summed E-state index contributed by atoms with van der Waals surface area (Å²) < 4.78 is 1.59. The summed E-state index contributed by atoms with van der Waals surface area (Å²) in [6.45, 7) is 4.08. The molecule has 2 rings (SSSR count). The fourth-order valence-electron chi connectivity index (χ4n) is 1.65. The van der Waals surface area contributed by atoms with Gasteiger partial charge in [0.25, 0.3) is 0 Å². The van der Waals surface area contributed by atoms with Gasteiger partial charge < -0.3 is 5.73 Å². The van der Waals surface area contributed by atoms with Crippen molar-refractivity contribution >= 4 is 23.9 Å². The van der Waals surface area contributed by atoms with E-state index >= 15 is 0 Å². The summed E-state index contributed by atoms with van der Waals surface area (Å²) in [5.41, 5.74) is 7.72. The van der Waals surface area contributed by atoms with E-state index in [0.29, 0.717) is 5.95 Å². The van der Waals surface area contributed by atoms with E-state index in [0.717, 1.165) is 23.4 Å². The molecule has 100 valence electrons. The molecule has 0 spiro atoms. The molecule has 0 saturated heterocycles. The van der Waals surface area contributed by atoms with E-state index in [1.807, 2.05) is 43.2 Å². The zero-order chi connectivity index (χ0) is 13.7. The number of imidazole rings is 1. The number of anilines is 1. The van der Waals surface area contributed by atoms with Gasteiger partial charge in [-0.1, -0.05) is 25.1 Å². The van der Waals surface area contributed by atoms with Crippen LogP contribution in [0.3, 0.4) is 0 Å². The highest BCUT2D eigenvalue weighted by molar-refractivity contribution is 7.99. The molecule has 0 aliphatic carbocycles. The van der Waals surface area contributed by atoms with Crippen molar-refractivity contribution in [1.82, 2.24) is 9.66 Å². The highest BCUT2D eigenvalue weighted by Crippen LogP contribution is 2.22. The van der Waals surface area contributed by atoms with E-state index < -0.39 is 0 Å². The van der Waals surface area contributed by atoms with Crippen LogP contribution in [0, 0.1) is 6.92 Å². The molecule has 4 nitrogen and oxygen atoms in total. The number of benzene rings is 1. The lowest BCUT2D eigenvalue weighted by atomic mass is 10.2. The Bertz CT molecular complexity index is 575. The lowest BCUT2D eigenvalue weighted by Crippen LogP contribution is -1.97. The topological polar surface area (TPSA) is 56.2 Å². The van der Waals surface area contributed by atoms with Gasteiger partial charge in [-0.15, -0.1) is 11.8 Å². The summed E-state index contributed by atoms with van der Waals surface area (Å²) >= 11 is 1.84. The van der Waals surface area contributed by atoms with Crippen molar-refractivity contribution in [2.75, 3.05) is 11.5 Å². The molecule has 1 aromatic carbocycles. The molecule has 0 atom stereocenters. The average Bonchev–Trinajstić information content (AvgIpc) is 2.73. The number of aromatic nitrogens is 2. The fourth-order valence-corrected chi connectivity index (χ4v) is 2.54. The van der Waals surface area contributed by atoms with Crippen molar-refractivity contribution in [1.29, 1.82) is 0 Å². The number of hydrogen-bond acceptors (Lipinski definition) is 4. The van der Waals surface area contributed by atoms with Gasteiger partial charge >= 0.3 is 0 Å². The van der Waals surface area contributed by atoms with Gasteiger partial charge in [0.15, 0.2) is 0 Å². The standard InChI is InChI=1S/C14H18N4S/c1-3-8-19-13-7-5-4-6-12(13)9-16-18-10-11(2)17-14(18)15/h4-7,9-10H,3,8H2,1-2H3,(H2,15,17). The monoisotopic (exact) mass is 274 g/mol. The maximum Gasteiger partial charge on any atom is 0.221 e. The van der Waals surface area contributed by atoms with Crippen molar-refractivity contribution in [2.24, 2.45) is 5.10 Å². The van der Waals surface area contributed by atoms with Crippen molar-refractivity contribution in [3.05, 3.63) is 41.7 Å². The predicted octanol–water partition coefficient (Wildman–Crippen LogP) is 3.16. The third kappa shape index (κ3) is 3.61. The molecule has 2 aromatic rings. The van der Waals surface area contributed by atoms with Crippen LogP contribution in [0.25, 0.3) is 0 Å². The van der Waals surface area contributed by atoms with E-state index in [2.05, 4.69) is 29.1 Å². The van der Waals surface area contributed by atoms with Crippen molar-refractivity contribution in [3.63, 3.8) is 0 Å². The number of nitrogens with zero attached hydrogens (tertiary/aromatic N) is 3. The SMILES string of the molecule is CCCSc1ccccc1C=Nn1cc(C)nc1N. The zero-order valence-electron chi connectivity index (χ0n) is 11.2. The van der Waals surface area contributed by atoms with Gasteiger partial charge in [0.05, 0.1) is 18.1 Å². The lowest BCUT2D eigenvalue weighted by Gasteiger charge is -2.04. The zero-order valence-corrected chi connectivity index (χ0v) is 12.0. The molecule has 2 N–H and O–H groups in total. The Morgan fingerprint density at radius 3 is 2.89 bits per heavy atom. The Labute approximate surface area is 117 Å². The highest BCUT2D eigenvalue weighted by Gasteiger charge is 2.01. The quantitative estimate of drug-likeness (QED) is 0.673. The third-order valence-electron chi connectivity index (χ3n) is 2.54. The minimum absolute atomic E-state index is 0.410. The molecule has 0 radical (unpaired) electrons. The van der Waals surface area contributed by atoms with Gasteiger partial charge in [-0.3, -0.25) is 0 Å². The molecular formula is C14H18N4S. The van der Waals surface area contributed by atoms with E-state index in [1.165, 1.54) is 4.90 Å². The second kappa shape index (κ2) is 6.43. The van der Waals surface area contributed by atoms with Crippen LogP contribution in [0.1, 0.15) is 24.6 Å². The van der Waals surface area contributed by atoms with Gasteiger partial charge in [-0.05, 0) is 25.2 Å². The molecule has 5 heteroatoms. The normalized spacial score (nSPS) is 11.3. The summed E-state index contributed by atoms with van der Waals surface area (Å²) in [4.78, 5) is 5.36. The van der Waals surface area contributed by atoms with Gasteiger partial charge in [-0.25, -0.2) is 9.66 Å². The van der Waals surface area contributed by atoms with Gasteiger partial charge in [0, 0.05) is 10.5 Å². The Morgan fingerprint density at radius 1 is 1.42 bits per heavy atom. The minimum atomic E-state index is 0.410. The number of hydrogen-bond donors (Lipinski definition) is 1. The first kappa shape index (κ1) is 13.7. The summed E-state index contributed by atoms with van der Waals surface area (Å²) in [7, 11) is 0. The average molecular weight is 274 g/mol. The first-order valence-electron chi connectivity index (χ1n) is 6.28. The fraction of sp³-hybridized carbons (Fsp3) is 0.286. The number of thioether (sulfide) groups is 1. The van der Waals surface area contributed by atoms with Crippen molar-refractivity contribution in [3.8, 4) is 0 Å². The predicted molar refractivity (Wildman–Crippen MR) is 81.8 cm³/mol. The Hall–Kier alpha value is -1.75. The summed E-state index contributed by atoms with van der Waals surface area (Å²) in [5, 5.41) is 4.36. The summed E-state index contributed by atoms with van der Waals surface area (Å²) in [6, 6.07) is 8.23. The molecule has 1 aromatic heterocycles. The Kier molecular flexibility index (Phi) is 4.63. The van der Waals surface area contributed by atoms with E-state index in [9.17, 15) is 0 Å². The second-order valence-corrected chi connectivity index (χ2v) is 5.35. The molecule has 0 aliphatic heterocycles. The van der Waals surface area contributed by atoms with Crippen LogP contribution in [0.5, 0.6) is 0 Å². The molecule has 0 fully saturated rings. The number of nitrogen functional groups attached to an aromatic ring is 1. The van der Waals surface area contributed by atoms with Crippen molar-refractivity contribution in [2.45, 2.75) is 25.2 Å². The van der Waals surface area contributed by atoms with E-state index in [4.69, 9.17) is 5.73 Å². The largest absolute Gasteiger partial charge is 0.368 e. The van der Waals surface area contributed by atoms with Gasteiger partial charge in [0.2, 0.25) is 5.95 Å². The lowest BCUT2D eigenvalue weighted by molar-refractivity contribution is 0.896. The molecular weight excluding hydrogens is 256 g/mol. The molecule has 0 saturated carbocycles. The smallest absolute Gasteiger partial charge is 0.221 e. The minimum Gasteiger partial charge on any atom is -0.368 e. The Balaban J connectivity index is 2.20. The first-order valence-corrected chi connectivity index (χ1v) is 7.27. The molecule has 19 heavy (non-hydrogen) atoms. The summed E-state index contributed by atoms with van der Waals surface area (Å²) in [6.07, 6.45) is 4.80. The maximum atomic E-state index is 5.76. The third-order valence-corrected chi connectivity index (χ3v) is 3.83. The van der Waals surface area contributed by atoms with Crippen LogP contribution >= 0.6 is 11.8 Å². The van der Waals surface area contributed by atoms with E-state index in [1.54, 1.807) is 4.68 Å². The number of aryl methyl sites for hydroxylation is 1. The van der Waals surface area contributed by atoms with Crippen LogP contribution in [-0.4, -0.2) is 21.6 Å². The molecule has 0 unspecified atom stereocenters. The molecule has 0 aliphatic rings. The number of nitrogens with two attached hydrogens (primary N) is 1. The van der Waals surface area contributed by atoms with Crippen LogP contribution in [-0.2, 0) is 0 Å². The van der Waals surface area contributed by atoms with Crippen LogP contribution < -0.4 is 5.73 Å². The molecule has 0 amide bonds. The first-order chi connectivity index (χ1) is 9.20. The highest BCUT2D eigenvalue weighted by atomic mass is 32.2. The van der Waals surface area contributed by atoms with Gasteiger partial charge in [-0.2, -0.15) is 5.10 Å². The molecule has 1 heterocycles. The van der Waals surface area contributed by atoms with Crippen LogP contribution in [0.2, 0.25) is 0 Å². The summed E-state index contributed by atoms with van der Waals surface area (Å²) in [5.74, 6) is 1.52. The molecule has 0 bridgehead atoms. The second-order valence-electron chi connectivity index (χ2n) is 4.22.